The summed E-state index contributed by atoms with van der Waals surface area (Å²) in [5.74, 6) is 0.550. The molecule has 4 aromatic rings. The van der Waals surface area contributed by atoms with Crippen molar-refractivity contribution in [2.45, 2.75) is 45.8 Å². The van der Waals surface area contributed by atoms with Crippen LogP contribution in [0.5, 0.6) is 0 Å². The number of nitrogens with one attached hydrogen (secondary N) is 1. The average Bonchev–Trinajstić information content (AvgIpc) is 3.22. The Morgan fingerprint density at radius 1 is 1.00 bits per heavy atom. The number of aromatic nitrogens is 2. The maximum absolute atomic E-state index is 13.9. The predicted octanol–water partition coefficient (Wildman–Crippen LogP) is 5.33. The Kier molecular flexibility index (Phi) is 5.65. The van der Waals surface area contributed by atoms with Gasteiger partial charge < -0.3 is 14.8 Å². The zero-order valence-corrected chi connectivity index (χ0v) is 19.7. The number of rotatable bonds is 5. The first-order valence-corrected chi connectivity index (χ1v) is 11.6. The van der Waals surface area contributed by atoms with Crippen LogP contribution >= 0.6 is 0 Å². The van der Waals surface area contributed by atoms with E-state index in [0.29, 0.717) is 6.54 Å². The van der Waals surface area contributed by atoms with Crippen LogP contribution in [-0.2, 0) is 16.1 Å². The molecule has 1 aromatic heterocycles. The third kappa shape index (κ3) is 3.96. The number of benzene rings is 3. The molecule has 2 atom stereocenters. The Morgan fingerprint density at radius 3 is 2.53 bits per heavy atom. The van der Waals surface area contributed by atoms with Crippen LogP contribution in [0, 0.1) is 13.8 Å². The topological polar surface area (TPSA) is 67.2 Å². The standard InChI is InChI=1S/C28H28N4O2/c1-18-13-14-19(2)23(15-18)29-26(33)16-25-28(34)31(17-21-9-5-4-6-10-21)20(3)27-30-22-11-7-8-12-24(22)32(25)27/h4-15,20,25H,16-17H2,1-3H3,(H,29,33)/t20-,25-/m1/s1. The summed E-state index contributed by atoms with van der Waals surface area (Å²) >= 11 is 0. The number of fused-ring (bicyclic) bond motifs is 3. The number of carbonyl (C=O) groups is 2. The molecule has 0 saturated heterocycles. The van der Waals surface area contributed by atoms with Crippen LogP contribution in [0.15, 0.2) is 72.8 Å². The lowest BCUT2D eigenvalue weighted by Crippen LogP contribution is -2.45. The summed E-state index contributed by atoms with van der Waals surface area (Å²) < 4.78 is 1.96. The van der Waals surface area contributed by atoms with E-state index in [-0.39, 0.29) is 24.3 Å². The summed E-state index contributed by atoms with van der Waals surface area (Å²) in [4.78, 5) is 33.7. The summed E-state index contributed by atoms with van der Waals surface area (Å²) in [6.45, 7) is 6.43. The van der Waals surface area contributed by atoms with Crippen molar-refractivity contribution < 1.29 is 9.59 Å². The molecule has 3 aromatic carbocycles. The molecule has 0 fully saturated rings. The van der Waals surface area contributed by atoms with E-state index in [1.165, 1.54) is 0 Å². The van der Waals surface area contributed by atoms with Crippen LogP contribution in [0.1, 0.15) is 47.9 Å². The van der Waals surface area contributed by atoms with E-state index in [0.717, 1.165) is 39.2 Å². The van der Waals surface area contributed by atoms with Crippen LogP contribution < -0.4 is 5.32 Å². The Balaban J connectivity index is 1.51. The van der Waals surface area contributed by atoms with Crippen molar-refractivity contribution in [2.24, 2.45) is 0 Å². The fourth-order valence-electron chi connectivity index (χ4n) is 4.74. The smallest absolute Gasteiger partial charge is 0.247 e. The summed E-state index contributed by atoms with van der Waals surface area (Å²) in [7, 11) is 0. The van der Waals surface area contributed by atoms with Gasteiger partial charge in [-0.25, -0.2) is 4.98 Å². The minimum absolute atomic E-state index is 0.0393. The molecule has 2 heterocycles. The molecule has 34 heavy (non-hydrogen) atoms. The largest absolute Gasteiger partial charge is 0.327 e. The molecule has 0 radical (unpaired) electrons. The van der Waals surface area contributed by atoms with Gasteiger partial charge in [0.15, 0.2) is 0 Å². The first kappa shape index (κ1) is 21.9. The van der Waals surface area contributed by atoms with Gasteiger partial charge in [0.05, 0.1) is 23.5 Å². The normalized spacial score (nSPS) is 17.6. The zero-order valence-electron chi connectivity index (χ0n) is 19.7. The van der Waals surface area contributed by atoms with Gasteiger partial charge in [0, 0.05) is 12.2 Å². The molecule has 172 valence electrons. The van der Waals surface area contributed by atoms with Gasteiger partial charge in [0.2, 0.25) is 11.8 Å². The number of imidazole rings is 1. The second-order valence-corrected chi connectivity index (χ2v) is 9.04. The van der Waals surface area contributed by atoms with Crippen LogP contribution in [0.25, 0.3) is 11.0 Å². The van der Waals surface area contributed by atoms with E-state index < -0.39 is 6.04 Å². The highest BCUT2D eigenvalue weighted by Gasteiger charge is 2.40. The number of anilines is 1. The number of hydrogen-bond donors (Lipinski definition) is 1. The third-order valence-electron chi connectivity index (χ3n) is 6.59. The first-order chi connectivity index (χ1) is 16.4. The quantitative estimate of drug-likeness (QED) is 0.445. The molecule has 0 saturated carbocycles. The van der Waals surface area contributed by atoms with Gasteiger partial charge in [-0.15, -0.1) is 0 Å². The molecular weight excluding hydrogens is 424 g/mol. The molecule has 1 aliphatic rings. The second-order valence-electron chi connectivity index (χ2n) is 9.04. The van der Waals surface area contributed by atoms with Crippen LogP contribution in [-0.4, -0.2) is 26.3 Å². The Labute approximate surface area is 199 Å². The molecule has 0 bridgehead atoms. The Morgan fingerprint density at radius 2 is 1.74 bits per heavy atom. The number of aryl methyl sites for hydroxylation is 2. The van der Waals surface area contributed by atoms with E-state index in [1.54, 1.807) is 0 Å². The van der Waals surface area contributed by atoms with Gasteiger partial charge >= 0.3 is 0 Å². The molecule has 2 amide bonds. The number of hydrogen-bond acceptors (Lipinski definition) is 3. The van der Waals surface area contributed by atoms with Crippen molar-refractivity contribution in [1.82, 2.24) is 14.5 Å². The number of carbonyl (C=O) groups excluding carboxylic acids is 2. The minimum atomic E-state index is -0.660. The lowest BCUT2D eigenvalue weighted by Gasteiger charge is -2.38. The SMILES string of the molecule is Cc1ccc(C)c(NC(=O)C[C@@H]2C(=O)N(Cc3ccccc3)[C@H](C)c3nc4ccccc4n32)c1. The van der Waals surface area contributed by atoms with Gasteiger partial charge in [-0.3, -0.25) is 9.59 Å². The molecular formula is C28H28N4O2. The maximum atomic E-state index is 13.9. The van der Waals surface area contributed by atoms with Crippen molar-refractivity contribution in [2.75, 3.05) is 5.32 Å². The number of para-hydroxylation sites is 2. The molecule has 0 aliphatic carbocycles. The Bertz CT molecular complexity index is 1380. The molecule has 1 aliphatic heterocycles. The fraction of sp³-hybridized carbons (Fsp3) is 0.250. The second kappa shape index (κ2) is 8.78. The van der Waals surface area contributed by atoms with E-state index in [1.807, 2.05) is 103 Å². The summed E-state index contributed by atoms with van der Waals surface area (Å²) in [5, 5.41) is 3.02. The average molecular weight is 453 g/mol. The molecule has 0 unspecified atom stereocenters. The van der Waals surface area contributed by atoms with E-state index in [4.69, 9.17) is 4.98 Å². The highest BCUT2D eigenvalue weighted by Crippen LogP contribution is 2.37. The molecule has 6 nitrogen and oxygen atoms in total. The number of amides is 2. The highest BCUT2D eigenvalue weighted by atomic mass is 16.2. The highest BCUT2D eigenvalue weighted by molar-refractivity contribution is 5.96. The molecule has 0 spiro atoms. The van der Waals surface area contributed by atoms with Gasteiger partial charge in [0.25, 0.3) is 0 Å². The van der Waals surface area contributed by atoms with Crippen molar-refractivity contribution >= 4 is 28.5 Å². The molecule has 5 rings (SSSR count). The monoisotopic (exact) mass is 452 g/mol. The maximum Gasteiger partial charge on any atom is 0.247 e. The summed E-state index contributed by atoms with van der Waals surface area (Å²) in [6, 6.07) is 22.8. The van der Waals surface area contributed by atoms with Crippen molar-refractivity contribution in [3.05, 3.63) is 95.3 Å². The van der Waals surface area contributed by atoms with Gasteiger partial charge in [-0.2, -0.15) is 0 Å². The van der Waals surface area contributed by atoms with E-state index >= 15 is 0 Å². The molecule has 6 heteroatoms. The molecule has 1 N–H and O–H groups in total. The Hall–Kier alpha value is -3.93. The van der Waals surface area contributed by atoms with Gasteiger partial charge in [-0.1, -0.05) is 54.6 Å². The van der Waals surface area contributed by atoms with Gasteiger partial charge in [-0.05, 0) is 55.7 Å². The first-order valence-electron chi connectivity index (χ1n) is 11.6. The van der Waals surface area contributed by atoms with Crippen molar-refractivity contribution in [3.8, 4) is 0 Å². The lowest BCUT2D eigenvalue weighted by atomic mass is 10.0. The predicted molar refractivity (Wildman–Crippen MR) is 133 cm³/mol. The van der Waals surface area contributed by atoms with E-state index in [9.17, 15) is 9.59 Å². The lowest BCUT2D eigenvalue weighted by molar-refractivity contribution is -0.142. The van der Waals surface area contributed by atoms with Crippen LogP contribution in [0.3, 0.4) is 0 Å². The zero-order chi connectivity index (χ0) is 23.8. The third-order valence-corrected chi connectivity index (χ3v) is 6.59. The van der Waals surface area contributed by atoms with Crippen LogP contribution in [0.2, 0.25) is 0 Å². The number of nitrogens with zero attached hydrogens (tertiary/aromatic N) is 3. The fourth-order valence-corrected chi connectivity index (χ4v) is 4.74. The van der Waals surface area contributed by atoms with Crippen molar-refractivity contribution in [3.63, 3.8) is 0 Å². The summed E-state index contributed by atoms with van der Waals surface area (Å²) in [6.07, 6.45) is 0.0393. The van der Waals surface area contributed by atoms with Crippen LogP contribution in [0.4, 0.5) is 5.69 Å². The van der Waals surface area contributed by atoms with Gasteiger partial charge in [0.1, 0.15) is 11.9 Å². The summed E-state index contributed by atoms with van der Waals surface area (Å²) in [5.41, 5.74) is 5.59. The van der Waals surface area contributed by atoms with Crippen molar-refractivity contribution in [1.29, 1.82) is 0 Å². The van der Waals surface area contributed by atoms with E-state index in [2.05, 4.69) is 5.32 Å². The minimum Gasteiger partial charge on any atom is -0.327 e.